The van der Waals surface area contributed by atoms with Gasteiger partial charge in [0.25, 0.3) is 0 Å². The average molecular weight is 310 g/mol. The SMILES string of the molecule is CC=CC=C(C)C=Cc1ccc(O)n1CCn1ccc(CC)c1. The van der Waals surface area contributed by atoms with Gasteiger partial charge < -0.3 is 14.2 Å². The summed E-state index contributed by atoms with van der Waals surface area (Å²) in [6.07, 6.45) is 15.5. The molecule has 3 heteroatoms. The van der Waals surface area contributed by atoms with Crippen molar-refractivity contribution in [1.29, 1.82) is 0 Å². The second-order valence-corrected chi connectivity index (χ2v) is 5.65. The van der Waals surface area contributed by atoms with Crippen LogP contribution in [0.3, 0.4) is 0 Å². The van der Waals surface area contributed by atoms with Gasteiger partial charge in [-0.2, -0.15) is 0 Å². The first-order valence-electron chi connectivity index (χ1n) is 8.15. The fourth-order valence-corrected chi connectivity index (χ4v) is 2.44. The summed E-state index contributed by atoms with van der Waals surface area (Å²) in [5.41, 5.74) is 3.53. The zero-order valence-electron chi connectivity index (χ0n) is 14.2. The number of hydrogen-bond acceptors (Lipinski definition) is 1. The Balaban J connectivity index is 2.07. The van der Waals surface area contributed by atoms with Crippen LogP contribution in [0.4, 0.5) is 0 Å². The molecule has 0 saturated heterocycles. The second-order valence-electron chi connectivity index (χ2n) is 5.65. The number of aromatic hydroxyl groups is 1. The van der Waals surface area contributed by atoms with Crippen LogP contribution in [0.2, 0.25) is 0 Å². The van der Waals surface area contributed by atoms with E-state index in [9.17, 15) is 5.11 Å². The topological polar surface area (TPSA) is 30.1 Å². The summed E-state index contributed by atoms with van der Waals surface area (Å²) in [6, 6.07) is 5.84. The maximum Gasteiger partial charge on any atom is 0.191 e. The number of aromatic nitrogens is 2. The quantitative estimate of drug-likeness (QED) is 0.732. The average Bonchev–Trinajstić information content (AvgIpc) is 3.15. The van der Waals surface area contributed by atoms with E-state index in [-0.39, 0.29) is 0 Å². The normalized spacial score (nSPS) is 12.7. The molecule has 0 amide bonds. The number of nitrogens with zero attached hydrogens (tertiary/aromatic N) is 2. The maximum absolute atomic E-state index is 10.1. The summed E-state index contributed by atoms with van der Waals surface area (Å²) < 4.78 is 4.11. The molecule has 1 N–H and O–H groups in total. The second kappa shape index (κ2) is 8.28. The first-order chi connectivity index (χ1) is 11.1. The summed E-state index contributed by atoms with van der Waals surface area (Å²) in [6.45, 7) is 7.81. The van der Waals surface area contributed by atoms with Gasteiger partial charge in [0.15, 0.2) is 5.88 Å². The Bertz CT molecular complexity index is 714. The molecule has 122 valence electrons. The van der Waals surface area contributed by atoms with Crippen molar-refractivity contribution in [2.75, 3.05) is 0 Å². The molecule has 0 aliphatic heterocycles. The molecule has 0 aromatic carbocycles. The summed E-state index contributed by atoms with van der Waals surface area (Å²) in [5.74, 6) is 0.308. The highest BCUT2D eigenvalue weighted by atomic mass is 16.3. The third kappa shape index (κ3) is 4.78. The summed E-state index contributed by atoms with van der Waals surface area (Å²) in [5, 5.41) is 10.1. The zero-order chi connectivity index (χ0) is 16.7. The molecule has 0 atom stereocenters. The summed E-state index contributed by atoms with van der Waals surface area (Å²) >= 11 is 0. The van der Waals surface area contributed by atoms with Crippen LogP contribution < -0.4 is 0 Å². The lowest BCUT2D eigenvalue weighted by atomic mass is 10.2. The van der Waals surface area contributed by atoms with Gasteiger partial charge in [-0.3, -0.25) is 0 Å². The van der Waals surface area contributed by atoms with Crippen LogP contribution in [0.15, 0.2) is 60.5 Å². The molecule has 0 aliphatic carbocycles. The number of rotatable bonds is 7. The Kier molecular flexibility index (Phi) is 6.10. The van der Waals surface area contributed by atoms with Crippen LogP contribution >= 0.6 is 0 Å². The Morgan fingerprint density at radius 1 is 1.22 bits per heavy atom. The zero-order valence-corrected chi connectivity index (χ0v) is 14.2. The number of allylic oxidation sites excluding steroid dienone is 5. The van der Waals surface area contributed by atoms with Crippen molar-refractivity contribution in [2.45, 2.75) is 40.3 Å². The van der Waals surface area contributed by atoms with Crippen molar-refractivity contribution in [2.24, 2.45) is 0 Å². The lowest BCUT2D eigenvalue weighted by molar-refractivity contribution is 0.407. The van der Waals surface area contributed by atoms with E-state index < -0.39 is 0 Å². The Morgan fingerprint density at radius 3 is 2.74 bits per heavy atom. The number of aryl methyl sites for hydroxylation is 2. The molecule has 0 unspecified atom stereocenters. The van der Waals surface area contributed by atoms with Crippen molar-refractivity contribution in [3.05, 3.63) is 71.7 Å². The van der Waals surface area contributed by atoms with Crippen molar-refractivity contribution in [1.82, 2.24) is 9.13 Å². The Hall–Kier alpha value is -2.42. The highest BCUT2D eigenvalue weighted by molar-refractivity contribution is 5.51. The van der Waals surface area contributed by atoms with Gasteiger partial charge in [-0.25, -0.2) is 0 Å². The van der Waals surface area contributed by atoms with Crippen LogP contribution in [-0.2, 0) is 19.5 Å². The maximum atomic E-state index is 10.1. The van der Waals surface area contributed by atoms with Crippen LogP contribution in [0, 0.1) is 0 Å². The predicted molar refractivity (Wildman–Crippen MR) is 97.5 cm³/mol. The summed E-state index contributed by atoms with van der Waals surface area (Å²) in [4.78, 5) is 0. The molecule has 2 heterocycles. The van der Waals surface area contributed by atoms with E-state index in [0.29, 0.717) is 5.88 Å². The first kappa shape index (κ1) is 16.9. The minimum atomic E-state index is 0.308. The van der Waals surface area contributed by atoms with Crippen LogP contribution in [0.1, 0.15) is 32.0 Å². The molecule has 0 bridgehead atoms. The van der Waals surface area contributed by atoms with Crippen LogP contribution in [-0.4, -0.2) is 14.2 Å². The molecule has 2 aromatic heterocycles. The van der Waals surface area contributed by atoms with Gasteiger partial charge in [0.1, 0.15) is 0 Å². The smallest absolute Gasteiger partial charge is 0.191 e. The molecular formula is C20H26N2O. The van der Waals surface area contributed by atoms with Gasteiger partial charge >= 0.3 is 0 Å². The largest absolute Gasteiger partial charge is 0.494 e. The van der Waals surface area contributed by atoms with Crippen LogP contribution in [0.25, 0.3) is 6.08 Å². The van der Waals surface area contributed by atoms with E-state index in [2.05, 4.69) is 49.0 Å². The van der Waals surface area contributed by atoms with E-state index in [1.165, 1.54) is 11.1 Å². The van der Waals surface area contributed by atoms with E-state index >= 15 is 0 Å². The number of hydrogen-bond donors (Lipinski definition) is 1. The summed E-state index contributed by atoms with van der Waals surface area (Å²) in [7, 11) is 0. The third-order valence-electron chi connectivity index (χ3n) is 3.86. The van der Waals surface area contributed by atoms with Gasteiger partial charge in [0, 0.05) is 37.2 Å². The highest BCUT2D eigenvalue weighted by Crippen LogP contribution is 2.18. The fourth-order valence-electron chi connectivity index (χ4n) is 2.44. The van der Waals surface area contributed by atoms with Crippen molar-refractivity contribution in [3.8, 4) is 5.88 Å². The van der Waals surface area contributed by atoms with Gasteiger partial charge in [-0.05, 0) is 44.0 Å². The Morgan fingerprint density at radius 2 is 2.04 bits per heavy atom. The highest BCUT2D eigenvalue weighted by Gasteiger charge is 2.05. The van der Waals surface area contributed by atoms with Crippen molar-refractivity contribution in [3.63, 3.8) is 0 Å². The van der Waals surface area contributed by atoms with E-state index in [1.54, 1.807) is 6.07 Å². The lowest BCUT2D eigenvalue weighted by Crippen LogP contribution is -2.06. The van der Waals surface area contributed by atoms with Gasteiger partial charge in [-0.1, -0.05) is 36.8 Å². The molecule has 2 rings (SSSR count). The van der Waals surface area contributed by atoms with Gasteiger partial charge in [0.05, 0.1) is 0 Å². The first-order valence-corrected chi connectivity index (χ1v) is 8.15. The molecule has 0 fully saturated rings. The van der Waals surface area contributed by atoms with E-state index in [1.807, 2.05) is 35.8 Å². The Labute approximate surface area is 138 Å². The van der Waals surface area contributed by atoms with Gasteiger partial charge in [-0.15, -0.1) is 0 Å². The molecule has 0 aliphatic rings. The van der Waals surface area contributed by atoms with Crippen molar-refractivity contribution >= 4 is 6.08 Å². The molecular weight excluding hydrogens is 284 g/mol. The predicted octanol–water partition coefficient (Wildman–Crippen LogP) is 4.79. The third-order valence-corrected chi connectivity index (χ3v) is 3.86. The molecule has 0 saturated carbocycles. The van der Waals surface area contributed by atoms with Gasteiger partial charge in [0.2, 0.25) is 0 Å². The fraction of sp³-hybridized carbons (Fsp3) is 0.300. The molecule has 3 nitrogen and oxygen atoms in total. The van der Waals surface area contributed by atoms with E-state index in [4.69, 9.17) is 0 Å². The molecule has 0 radical (unpaired) electrons. The monoisotopic (exact) mass is 310 g/mol. The minimum Gasteiger partial charge on any atom is -0.494 e. The standard InChI is InChI=1S/C20H26N2O/c1-4-6-7-17(3)8-9-19-10-11-20(23)22(19)15-14-21-13-12-18(5-2)16-21/h4,6-13,16,23H,5,14-15H2,1-3H3. The molecule has 23 heavy (non-hydrogen) atoms. The molecule has 2 aromatic rings. The molecule has 0 spiro atoms. The van der Waals surface area contributed by atoms with E-state index in [0.717, 1.165) is 25.2 Å². The van der Waals surface area contributed by atoms with Crippen molar-refractivity contribution < 1.29 is 5.11 Å². The lowest BCUT2D eigenvalue weighted by Gasteiger charge is -2.09. The van der Waals surface area contributed by atoms with Crippen LogP contribution in [0.5, 0.6) is 5.88 Å². The minimum absolute atomic E-state index is 0.308.